The zero-order valence-corrected chi connectivity index (χ0v) is 19.7. The van der Waals surface area contributed by atoms with E-state index in [1.54, 1.807) is 43.2 Å². The van der Waals surface area contributed by atoms with E-state index in [-0.39, 0.29) is 11.5 Å². The van der Waals surface area contributed by atoms with Crippen molar-refractivity contribution in [3.63, 3.8) is 0 Å². The Kier molecular flexibility index (Phi) is 5.99. The molecule has 0 radical (unpaired) electrons. The molecular formula is C24H25N3O5S. The number of hydrogen-bond acceptors (Lipinski definition) is 6. The van der Waals surface area contributed by atoms with Crippen molar-refractivity contribution in [2.24, 2.45) is 0 Å². The van der Waals surface area contributed by atoms with Crippen molar-refractivity contribution in [2.75, 3.05) is 19.5 Å². The highest BCUT2D eigenvalue weighted by Gasteiger charge is 2.33. The Morgan fingerprint density at radius 2 is 1.85 bits per heavy atom. The van der Waals surface area contributed by atoms with Gasteiger partial charge in [0.15, 0.2) is 21.3 Å². The Morgan fingerprint density at radius 1 is 1.09 bits per heavy atom. The maximum absolute atomic E-state index is 12.8. The summed E-state index contributed by atoms with van der Waals surface area (Å²) in [6.45, 7) is 3.96. The number of carbonyl (C=O) groups excluding carboxylic acids is 1. The molecule has 1 aliphatic rings. The molecule has 0 saturated heterocycles. The number of sulfone groups is 1. The maximum Gasteiger partial charge on any atom is 0.249 e. The van der Waals surface area contributed by atoms with Gasteiger partial charge in [0, 0.05) is 11.6 Å². The summed E-state index contributed by atoms with van der Waals surface area (Å²) in [6.07, 6.45) is 3.03. The molecule has 0 atom stereocenters. The normalized spacial score (nSPS) is 14.3. The summed E-state index contributed by atoms with van der Waals surface area (Å²) < 4.78 is 36.5. The Balaban J connectivity index is 1.67. The van der Waals surface area contributed by atoms with Crippen molar-refractivity contribution in [1.82, 2.24) is 9.78 Å². The second-order valence-electron chi connectivity index (χ2n) is 7.87. The van der Waals surface area contributed by atoms with Crippen LogP contribution in [0.3, 0.4) is 0 Å². The number of hydrogen-bond donors (Lipinski definition) is 1. The third-order valence-electron chi connectivity index (χ3n) is 5.67. The third-order valence-corrected chi connectivity index (χ3v) is 7.11. The van der Waals surface area contributed by atoms with E-state index >= 15 is 0 Å². The lowest BCUT2D eigenvalue weighted by Gasteiger charge is -2.13. The first-order valence-electron chi connectivity index (χ1n) is 10.3. The molecule has 1 amide bonds. The number of anilines is 1. The zero-order valence-electron chi connectivity index (χ0n) is 18.9. The van der Waals surface area contributed by atoms with Crippen LogP contribution in [0.2, 0.25) is 0 Å². The van der Waals surface area contributed by atoms with Gasteiger partial charge in [-0.1, -0.05) is 18.2 Å². The monoisotopic (exact) mass is 467 g/mol. The molecule has 0 fully saturated rings. The molecule has 9 heteroatoms. The van der Waals surface area contributed by atoms with E-state index in [4.69, 9.17) is 9.47 Å². The Bertz CT molecular complexity index is 1370. The molecule has 0 saturated carbocycles. The van der Waals surface area contributed by atoms with Gasteiger partial charge >= 0.3 is 0 Å². The average Bonchev–Trinajstić information content (AvgIpc) is 3.26. The minimum Gasteiger partial charge on any atom is -0.493 e. The largest absolute Gasteiger partial charge is 0.493 e. The van der Waals surface area contributed by atoms with E-state index in [0.717, 1.165) is 22.4 Å². The van der Waals surface area contributed by atoms with Crippen LogP contribution < -0.4 is 14.8 Å². The van der Waals surface area contributed by atoms with E-state index in [1.807, 2.05) is 32.0 Å². The van der Waals surface area contributed by atoms with Crippen molar-refractivity contribution in [2.45, 2.75) is 25.4 Å². The highest BCUT2D eigenvalue weighted by atomic mass is 32.2. The number of rotatable bonds is 6. The molecule has 1 aromatic heterocycles. The van der Waals surface area contributed by atoms with E-state index in [9.17, 15) is 13.2 Å². The Hall–Kier alpha value is -3.59. The summed E-state index contributed by atoms with van der Waals surface area (Å²) in [5, 5.41) is 7.39. The average molecular weight is 468 g/mol. The predicted molar refractivity (Wildman–Crippen MR) is 127 cm³/mol. The zero-order chi connectivity index (χ0) is 23.8. The van der Waals surface area contributed by atoms with Gasteiger partial charge in [-0.05, 0) is 54.8 Å². The van der Waals surface area contributed by atoms with Crippen molar-refractivity contribution in [1.29, 1.82) is 0 Å². The predicted octanol–water partition coefficient (Wildman–Crippen LogP) is 3.59. The van der Waals surface area contributed by atoms with Gasteiger partial charge in [0.05, 0.1) is 37.1 Å². The summed E-state index contributed by atoms with van der Waals surface area (Å²) >= 11 is 0. The molecule has 0 aliphatic carbocycles. The van der Waals surface area contributed by atoms with Crippen molar-refractivity contribution >= 4 is 27.6 Å². The third kappa shape index (κ3) is 4.49. The first-order chi connectivity index (χ1) is 15.7. The highest BCUT2D eigenvalue weighted by molar-refractivity contribution is 7.90. The quantitative estimate of drug-likeness (QED) is 0.556. The minimum atomic E-state index is -3.28. The van der Waals surface area contributed by atoms with Crippen LogP contribution in [-0.2, 0) is 26.1 Å². The second-order valence-corrected chi connectivity index (χ2v) is 9.94. The van der Waals surface area contributed by atoms with Gasteiger partial charge in [-0.15, -0.1) is 0 Å². The number of fused-ring (bicyclic) bond motifs is 1. The van der Waals surface area contributed by atoms with Crippen LogP contribution in [0, 0.1) is 13.8 Å². The standard InChI is InChI=1S/C24H25N3O5S/c1-15-6-5-7-20(16(15)2)27-24(18-13-33(29,30)14-19(18)26-27)25-23(28)11-9-17-8-10-21(31-3)22(12-17)32-4/h5-12H,13-14H2,1-4H3,(H,25,28)/b11-9+. The van der Waals surface area contributed by atoms with Gasteiger partial charge in [-0.2, -0.15) is 5.10 Å². The van der Waals surface area contributed by atoms with Gasteiger partial charge in [0.1, 0.15) is 5.82 Å². The smallest absolute Gasteiger partial charge is 0.249 e. The van der Waals surface area contributed by atoms with Crippen LogP contribution in [0.4, 0.5) is 5.82 Å². The molecule has 1 N–H and O–H groups in total. The molecule has 1 aliphatic heterocycles. The molecule has 33 heavy (non-hydrogen) atoms. The van der Waals surface area contributed by atoms with Crippen molar-refractivity contribution in [3.05, 3.63) is 70.4 Å². The highest BCUT2D eigenvalue weighted by Crippen LogP contribution is 2.34. The Morgan fingerprint density at radius 3 is 2.58 bits per heavy atom. The summed E-state index contributed by atoms with van der Waals surface area (Å²) in [5.74, 6) is 0.835. The summed E-state index contributed by atoms with van der Waals surface area (Å²) in [6, 6.07) is 11.1. The first kappa shape index (κ1) is 22.6. The molecule has 2 heterocycles. The van der Waals surface area contributed by atoms with Gasteiger partial charge in [0.2, 0.25) is 5.91 Å². The number of carbonyl (C=O) groups is 1. The fourth-order valence-electron chi connectivity index (χ4n) is 3.80. The molecule has 0 spiro atoms. The number of ether oxygens (including phenoxy) is 2. The fraction of sp³-hybridized carbons (Fsp3) is 0.250. The van der Waals surface area contributed by atoms with E-state index in [0.29, 0.717) is 28.6 Å². The number of nitrogens with zero attached hydrogens (tertiary/aromatic N) is 2. The fourth-order valence-corrected chi connectivity index (χ4v) is 5.29. The lowest BCUT2D eigenvalue weighted by Crippen LogP contribution is -2.15. The van der Waals surface area contributed by atoms with Crippen molar-refractivity contribution in [3.8, 4) is 17.2 Å². The van der Waals surface area contributed by atoms with Gasteiger partial charge in [0.25, 0.3) is 0 Å². The van der Waals surface area contributed by atoms with Crippen LogP contribution in [0.1, 0.15) is 27.9 Å². The summed E-state index contributed by atoms with van der Waals surface area (Å²) in [4.78, 5) is 12.8. The topological polar surface area (TPSA) is 99.5 Å². The number of benzene rings is 2. The van der Waals surface area contributed by atoms with Crippen LogP contribution in [-0.4, -0.2) is 38.3 Å². The van der Waals surface area contributed by atoms with Crippen molar-refractivity contribution < 1.29 is 22.7 Å². The van der Waals surface area contributed by atoms with E-state index in [1.165, 1.54) is 6.08 Å². The summed E-state index contributed by atoms with van der Waals surface area (Å²) in [5.41, 5.74) is 4.61. The molecule has 4 rings (SSSR count). The van der Waals surface area contributed by atoms with Gasteiger partial charge < -0.3 is 14.8 Å². The van der Waals surface area contributed by atoms with E-state index in [2.05, 4.69) is 10.4 Å². The number of nitrogens with one attached hydrogen (secondary N) is 1. The molecule has 8 nitrogen and oxygen atoms in total. The van der Waals surface area contributed by atoms with Crippen LogP contribution in [0.25, 0.3) is 11.8 Å². The van der Waals surface area contributed by atoms with Crippen LogP contribution in [0.5, 0.6) is 11.5 Å². The number of aryl methyl sites for hydroxylation is 1. The van der Waals surface area contributed by atoms with Crippen LogP contribution in [0.15, 0.2) is 42.5 Å². The van der Waals surface area contributed by atoms with E-state index < -0.39 is 15.7 Å². The number of amides is 1. The molecule has 172 valence electrons. The molecule has 2 aromatic carbocycles. The second kappa shape index (κ2) is 8.74. The Labute approximate surface area is 192 Å². The molecule has 3 aromatic rings. The maximum atomic E-state index is 12.8. The van der Waals surface area contributed by atoms with Gasteiger partial charge in [-0.3, -0.25) is 4.79 Å². The molecule has 0 unspecified atom stereocenters. The van der Waals surface area contributed by atoms with Gasteiger partial charge in [-0.25, -0.2) is 13.1 Å². The van der Waals surface area contributed by atoms with Crippen LogP contribution >= 0.6 is 0 Å². The first-order valence-corrected chi connectivity index (χ1v) is 12.1. The lowest BCUT2D eigenvalue weighted by atomic mass is 10.1. The number of aromatic nitrogens is 2. The molecular weight excluding hydrogens is 442 g/mol. The molecule has 0 bridgehead atoms. The minimum absolute atomic E-state index is 0.134. The number of methoxy groups -OCH3 is 2. The SMILES string of the molecule is COc1ccc(/C=C/C(=O)Nc2c3c(nn2-c2cccc(C)c2C)CS(=O)(=O)C3)cc1OC. The lowest BCUT2D eigenvalue weighted by molar-refractivity contribution is -0.111. The summed E-state index contributed by atoms with van der Waals surface area (Å²) in [7, 11) is -0.181.